The van der Waals surface area contributed by atoms with Gasteiger partial charge in [0.05, 0.1) is 6.04 Å². The van der Waals surface area contributed by atoms with Gasteiger partial charge in [-0.2, -0.15) is 0 Å². The Kier molecular flexibility index (Phi) is 12.0. The predicted octanol–water partition coefficient (Wildman–Crippen LogP) is 1.17. The molecule has 0 fully saturated rings. The summed E-state index contributed by atoms with van der Waals surface area (Å²) in [5.41, 5.74) is 7.16. The first-order valence-corrected chi connectivity index (χ1v) is 11.9. The second-order valence-electron chi connectivity index (χ2n) is 7.38. The number of hydrogen-bond acceptors (Lipinski definition) is 7. The van der Waals surface area contributed by atoms with Crippen LogP contribution in [0.3, 0.4) is 0 Å². The maximum atomic E-state index is 13.2. The highest BCUT2D eigenvalue weighted by molar-refractivity contribution is 6.13. The monoisotopic (exact) mass is 486 g/mol. The Balaban J connectivity index is 1.98. The second kappa shape index (κ2) is 15.3. The van der Waals surface area contributed by atoms with E-state index in [-0.39, 0.29) is 26.2 Å². The molecule has 0 saturated carbocycles. The normalized spacial score (nSPS) is 12.0. The molecule has 0 bridgehead atoms. The molecule has 2 aromatic rings. The minimum absolute atomic E-state index is 0.0223. The molecule has 182 valence electrons. The summed E-state index contributed by atoms with van der Waals surface area (Å²) in [4.78, 5) is 40.4. The van der Waals surface area contributed by atoms with E-state index in [9.17, 15) is 18.8 Å². The average Bonchev–Trinajstić information content (AvgIpc) is 2.87. The lowest BCUT2D eigenvalue weighted by molar-refractivity contribution is -0.123. The summed E-state index contributed by atoms with van der Waals surface area (Å²) in [6.45, 7) is 0.288. The Morgan fingerprint density at radius 2 is 1.32 bits per heavy atom. The fourth-order valence-corrected chi connectivity index (χ4v) is 3.39. The zero-order valence-electron chi connectivity index (χ0n) is 18.8. The number of carbonyl (C=O) groups excluding carboxylic acids is 3. The number of alkyl carbamates (subject to hydrolysis) is 2. The van der Waals surface area contributed by atoms with Gasteiger partial charge in [-0.1, -0.05) is 60.7 Å². The minimum atomic E-state index is -1.35. The third-order valence-electron chi connectivity index (χ3n) is 4.80. The van der Waals surface area contributed by atoms with Gasteiger partial charge in [-0.3, -0.25) is 4.79 Å². The van der Waals surface area contributed by atoms with Crippen LogP contribution in [0.2, 0.25) is 0 Å². The highest BCUT2D eigenvalue weighted by Crippen LogP contribution is 2.06. The first kappa shape index (κ1) is 26.7. The molecule has 0 aliphatic heterocycles. The Bertz CT molecular complexity index is 916. The highest BCUT2D eigenvalue weighted by Gasteiger charge is 2.30. The molecular weight excluding hydrogens is 456 g/mol. The van der Waals surface area contributed by atoms with Gasteiger partial charge < -0.3 is 35.3 Å². The van der Waals surface area contributed by atoms with E-state index in [1.54, 1.807) is 12.1 Å². The number of amides is 2. The second-order valence-corrected chi connectivity index (χ2v) is 8.02. The largest absolute Gasteiger partial charge is 0.445 e. The first-order chi connectivity index (χ1) is 16.5. The van der Waals surface area contributed by atoms with Gasteiger partial charge >= 0.3 is 21.8 Å². The SMILES string of the molecule is NCCC[C@@H](NC(=O)OCc1ccccc1)C(=O)C(CN[SiH]=O)NC(=O)OCc1ccccc1. The van der Waals surface area contributed by atoms with Gasteiger partial charge in [-0.25, -0.2) is 9.59 Å². The van der Waals surface area contributed by atoms with Crippen LogP contribution in [-0.2, 0) is 31.9 Å². The number of carbonyl (C=O) groups is 3. The molecule has 0 spiro atoms. The maximum Gasteiger partial charge on any atom is 0.408 e. The molecule has 10 nitrogen and oxygen atoms in total. The third kappa shape index (κ3) is 9.92. The van der Waals surface area contributed by atoms with Crippen LogP contribution in [0.4, 0.5) is 9.59 Å². The number of rotatable bonds is 14. The van der Waals surface area contributed by atoms with Gasteiger partial charge in [0.1, 0.15) is 19.3 Å². The van der Waals surface area contributed by atoms with Gasteiger partial charge in [-0.15, -0.1) is 0 Å². The van der Waals surface area contributed by atoms with E-state index in [1.807, 2.05) is 48.5 Å². The average molecular weight is 487 g/mol. The van der Waals surface area contributed by atoms with Crippen molar-refractivity contribution in [1.82, 2.24) is 15.6 Å². The van der Waals surface area contributed by atoms with Gasteiger partial charge in [0.25, 0.3) is 0 Å². The van der Waals surface area contributed by atoms with Crippen LogP contribution in [-0.4, -0.2) is 52.7 Å². The van der Waals surface area contributed by atoms with Crippen LogP contribution in [0.25, 0.3) is 0 Å². The van der Waals surface area contributed by atoms with E-state index in [2.05, 4.69) is 15.6 Å². The Hall–Kier alpha value is -3.57. The fraction of sp³-hybridized carbons (Fsp3) is 0.348. The van der Waals surface area contributed by atoms with Crippen LogP contribution >= 0.6 is 0 Å². The number of Topliss-reactive ketones (excluding diaryl/α,β-unsaturated/α-hetero) is 1. The van der Waals surface area contributed by atoms with E-state index in [4.69, 9.17) is 15.2 Å². The van der Waals surface area contributed by atoms with Crippen molar-refractivity contribution in [3.05, 3.63) is 71.8 Å². The summed E-state index contributed by atoms with van der Waals surface area (Å²) in [6, 6.07) is 16.1. The Morgan fingerprint density at radius 3 is 1.79 bits per heavy atom. The molecule has 2 rings (SSSR count). The van der Waals surface area contributed by atoms with Crippen molar-refractivity contribution >= 4 is 27.5 Å². The Morgan fingerprint density at radius 1 is 0.824 bits per heavy atom. The van der Waals surface area contributed by atoms with Gasteiger partial charge in [0.15, 0.2) is 5.78 Å². The molecule has 0 aromatic heterocycles. The molecule has 34 heavy (non-hydrogen) atoms. The molecule has 0 heterocycles. The number of hydrogen-bond donors (Lipinski definition) is 4. The van der Waals surface area contributed by atoms with E-state index in [0.717, 1.165) is 11.1 Å². The highest BCUT2D eigenvalue weighted by atomic mass is 28.2. The quantitative estimate of drug-likeness (QED) is 0.291. The lowest BCUT2D eigenvalue weighted by Crippen LogP contribution is -2.55. The molecule has 0 saturated heterocycles. The van der Waals surface area contributed by atoms with Crippen molar-refractivity contribution in [3.8, 4) is 0 Å². The van der Waals surface area contributed by atoms with E-state index in [1.165, 1.54) is 0 Å². The van der Waals surface area contributed by atoms with Crippen molar-refractivity contribution in [2.24, 2.45) is 5.73 Å². The van der Waals surface area contributed by atoms with Crippen LogP contribution in [0.1, 0.15) is 24.0 Å². The summed E-state index contributed by atoms with van der Waals surface area (Å²) in [6.07, 6.45) is -0.876. The van der Waals surface area contributed by atoms with Crippen molar-refractivity contribution in [3.63, 3.8) is 0 Å². The lowest BCUT2D eigenvalue weighted by Gasteiger charge is -2.24. The predicted molar refractivity (Wildman–Crippen MR) is 126 cm³/mol. The molecule has 2 atom stereocenters. The zero-order chi connectivity index (χ0) is 24.6. The molecule has 2 amide bonds. The third-order valence-corrected chi connectivity index (χ3v) is 5.20. The molecular formula is C23H30N4O6Si. The first-order valence-electron chi connectivity index (χ1n) is 10.9. The van der Waals surface area contributed by atoms with Crippen LogP contribution in [0.15, 0.2) is 60.7 Å². The molecule has 0 radical (unpaired) electrons. The van der Waals surface area contributed by atoms with Crippen LogP contribution < -0.4 is 21.3 Å². The van der Waals surface area contributed by atoms with E-state index < -0.39 is 39.6 Å². The lowest BCUT2D eigenvalue weighted by atomic mass is 10.0. The van der Waals surface area contributed by atoms with Crippen LogP contribution in [0.5, 0.6) is 0 Å². The Labute approximate surface area is 200 Å². The number of nitrogens with one attached hydrogen (secondary N) is 3. The molecule has 11 heteroatoms. The topological polar surface area (TPSA) is 149 Å². The summed E-state index contributed by atoms with van der Waals surface area (Å²) >= 11 is 0. The maximum absolute atomic E-state index is 13.2. The van der Waals surface area contributed by atoms with Gasteiger partial charge in [-0.05, 0) is 30.5 Å². The molecule has 5 N–H and O–H groups in total. The minimum Gasteiger partial charge on any atom is -0.445 e. The van der Waals surface area contributed by atoms with Crippen LogP contribution in [0, 0.1) is 0 Å². The standard InChI is InChI=1S/C23H30N4O6Si/c24-13-7-12-19(26-22(29)32-15-17-8-3-1-4-9-17)21(28)20(14-25-34-31)27-23(30)33-16-18-10-5-2-6-11-18/h1-6,8-11,19-20,25,34H,7,12-16,24H2,(H,26,29)(H,27,30)/t19-,20?/m1/s1. The van der Waals surface area contributed by atoms with E-state index in [0.29, 0.717) is 13.0 Å². The smallest absolute Gasteiger partial charge is 0.408 e. The number of ether oxygens (including phenoxy) is 2. The van der Waals surface area contributed by atoms with Crippen molar-refractivity contribution in [2.45, 2.75) is 38.1 Å². The van der Waals surface area contributed by atoms with Crippen molar-refractivity contribution < 1.29 is 28.3 Å². The fourth-order valence-electron chi connectivity index (χ4n) is 3.05. The summed E-state index contributed by atoms with van der Waals surface area (Å²) in [5, 5.41) is 5.04. The molecule has 0 aliphatic carbocycles. The van der Waals surface area contributed by atoms with E-state index >= 15 is 0 Å². The number of nitrogens with two attached hydrogens (primary N) is 1. The molecule has 2 aromatic carbocycles. The molecule has 1 unspecified atom stereocenters. The van der Waals surface area contributed by atoms with Crippen molar-refractivity contribution in [1.29, 1.82) is 0 Å². The van der Waals surface area contributed by atoms with Crippen molar-refractivity contribution in [2.75, 3.05) is 13.1 Å². The summed E-state index contributed by atoms with van der Waals surface area (Å²) in [7, 11) is -1.35. The number of ketones is 1. The zero-order valence-corrected chi connectivity index (χ0v) is 19.9. The summed E-state index contributed by atoms with van der Waals surface area (Å²) in [5.74, 6) is -0.484. The molecule has 0 aliphatic rings. The number of benzene rings is 2. The van der Waals surface area contributed by atoms with Gasteiger partial charge in [0, 0.05) is 6.54 Å². The van der Waals surface area contributed by atoms with Gasteiger partial charge in [0.2, 0.25) is 0 Å². The summed E-state index contributed by atoms with van der Waals surface area (Å²) < 4.78 is 21.4.